The topological polar surface area (TPSA) is 69.7 Å². The zero-order valence-corrected chi connectivity index (χ0v) is 14.9. The fourth-order valence-electron chi connectivity index (χ4n) is 2.07. The summed E-state index contributed by atoms with van der Waals surface area (Å²) in [4.78, 5) is 11.6. The predicted octanol–water partition coefficient (Wildman–Crippen LogP) is 3.69. The molecule has 0 unspecified atom stereocenters. The summed E-state index contributed by atoms with van der Waals surface area (Å²) in [5.41, 5.74) is 0.332. The highest BCUT2D eigenvalue weighted by Crippen LogP contribution is 2.29. The van der Waals surface area contributed by atoms with Gasteiger partial charge in [-0.25, -0.2) is 22.0 Å². The zero-order chi connectivity index (χ0) is 19.3. The van der Waals surface area contributed by atoms with E-state index in [-0.39, 0.29) is 28.4 Å². The van der Waals surface area contributed by atoms with Gasteiger partial charge in [0.2, 0.25) is 0 Å². The summed E-state index contributed by atoms with van der Waals surface area (Å²) in [6.07, 6.45) is 1.30. The highest BCUT2D eigenvalue weighted by atomic mass is 32.2. The fraction of sp³-hybridized carbons (Fsp3) is 0.167. The molecule has 0 aliphatic carbocycles. The summed E-state index contributed by atoms with van der Waals surface area (Å²) >= 11 is 0. The van der Waals surface area contributed by atoms with Crippen LogP contribution in [-0.4, -0.2) is 21.0 Å². The van der Waals surface area contributed by atoms with Crippen LogP contribution in [0.5, 0.6) is 11.5 Å². The van der Waals surface area contributed by atoms with Gasteiger partial charge in [-0.05, 0) is 61.9 Å². The number of thiol groups is 1. The molecule has 0 atom stereocenters. The third-order valence-corrected chi connectivity index (χ3v) is 3.99. The molecule has 2 aromatic carbocycles. The van der Waals surface area contributed by atoms with Crippen molar-refractivity contribution in [1.29, 1.82) is 0 Å². The minimum Gasteiger partial charge on any atom is -0.463 e. The highest BCUT2D eigenvalue weighted by molar-refractivity contribution is 7.72. The molecule has 0 amide bonds. The second-order valence-corrected chi connectivity index (χ2v) is 6.25. The van der Waals surface area contributed by atoms with Gasteiger partial charge in [0, 0.05) is 5.57 Å². The summed E-state index contributed by atoms with van der Waals surface area (Å²) in [5.74, 6) is -3.06. The lowest BCUT2D eigenvalue weighted by molar-refractivity contribution is -0.138. The standard InChI is InChI=1S/C18H16F2O5S/c1-3-24-18(21)11(2)8-12-9-15(19)17(16(20)10-12)25-13-4-6-14(7-5-13)26(22)23/h4-10,26H,3H2,1-2H3/b11-8+. The Bertz CT molecular complexity index is 887. The van der Waals surface area contributed by atoms with Gasteiger partial charge < -0.3 is 9.47 Å². The van der Waals surface area contributed by atoms with E-state index in [1.165, 1.54) is 37.3 Å². The normalized spacial score (nSPS) is 11.5. The molecule has 0 N–H and O–H groups in total. The SMILES string of the molecule is CCOC(=O)/C(C)=C/c1cc(F)c(Oc2ccc([SH](=O)=O)cc2)c(F)c1. The lowest BCUT2D eigenvalue weighted by Gasteiger charge is -2.09. The predicted molar refractivity (Wildman–Crippen MR) is 91.7 cm³/mol. The largest absolute Gasteiger partial charge is 0.463 e. The van der Waals surface area contributed by atoms with E-state index in [4.69, 9.17) is 9.47 Å². The molecule has 0 aromatic heterocycles. The van der Waals surface area contributed by atoms with Crippen LogP contribution < -0.4 is 4.74 Å². The molecular weight excluding hydrogens is 366 g/mol. The number of carbonyl (C=O) groups is 1. The third kappa shape index (κ3) is 4.89. The second kappa shape index (κ2) is 8.57. The van der Waals surface area contributed by atoms with Crippen molar-refractivity contribution in [3.63, 3.8) is 0 Å². The van der Waals surface area contributed by atoms with Crippen LogP contribution in [0.15, 0.2) is 46.9 Å². The number of hydrogen-bond donors (Lipinski definition) is 1. The van der Waals surface area contributed by atoms with E-state index in [9.17, 15) is 22.0 Å². The van der Waals surface area contributed by atoms with Gasteiger partial charge in [-0.2, -0.15) is 0 Å². The summed E-state index contributed by atoms with van der Waals surface area (Å²) < 4.78 is 60.0. The first-order valence-electron chi connectivity index (χ1n) is 7.58. The van der Waals surface area contributed by atoms with Crippen LogP contribution in [0.25, 0.3) is 6.08 Å². The van der Waals surface area contributed by atoms with Gasteiger partial charge in [0.15, 0.2) is 28.1 Å². The van der Waals surface area contributed by atoms with Gasteiger partial charge in [-0.3, -0.25) is 0 Å². The van der Waals surface area contributed by atoms with Gasteiger partial charge in [0.1, 0.15) is 5.75 Å². The Labute approximate surface area is 150 Å². The molecule has 8 heteroatoms. The number of hydrogen-bond acceptors (Lipinski definition) is 5. The molecule has 0 radical (unpaired) electrons. The van der Waals surface area contributed by atoms with Crippen LogP contribution in [0.3, 0.4) is 0 Å². The van der Waals surface area contributed by atoms with Crippen LogP contribution >= 0.6 is 0 Å². The Morgan fingerprint density at radius 3 is 2.19 bits per heavy atom. The quantitative estimate of drug-likeness (QED) is 0.469. The molecule has 0 spiro atoms. The van der Waals surface area contributed by atoms with Crippen molar-refractivity contribution in [1.82, 2.24) is 0 Å². The molecule has 2 aromatic rings. The van der Waals surface area contributed by atoms with Crippen LogP contribution in [0.1, 0.15) is 19.4 Å². The first kappa shape index (κ1) is 19.6. The Balaban J connectivity index is 2.26. The Morgan fingerprint density at radius 2 is 1.69 bits per heavy atom. The molecule has 26 heavy (non-hydrogen) atoms. The summed E-state index contributed by atoms with van der Waals surface area (Å²) in [5, 5.41) is 0. The van der Waals surface area contributed by atoms with Gasteiger partial charge in [0.05, 0.1) is 11.5 Å². The number of esters is 1. The van der Waals surface area contributed by atoms with Crippen molar-refractivity contribution in [2.24, 2.45) is 0 Å². The number of benzene rings is 2. The van der Waals surface area contributed by atoms with Crippen molar-refractivity contribution in [2.45, 2.75) is 18.7 Å². The number of halogens is 2. The molecule has 0 fully saturated rings. The smallest absolute Gasteiger partial charge is 0.333 e. The molecule has 138 valence electrons. The Morgan fingerprint density at radius 1 is 1.12 bits per heavy atom. The Hall–Kier alpha value is -2.74. The van der Waals surface area contributed by atoms with Crippen LogP contribution in [-0.2, 0) is 20.2 Å². The molecular formula is C18H16F2O5S. The third-order valence-electron chi connectivity index (χ3n) is 3.27. The molecule has 2 rings (SSSR count). The molecule has 0 saturated heterocycles. The minimum atomic E-state index is -2.75. The zero-order valence-electron chi connectivity index (χ0n) is 14.0. The minimum absolute atomic E-state index is 0.0585. The first-order chi connectivity index (χ1) is 12.3. The van der Waals surface area contributed by atoms with Gasteiger partial charge in [-0.1, -0.05) is 0 Å². The molecule has 0 aliphatic heterocycles. The summed E-state index contributed by atoms with van der Waals surface area (Å²) in [6.45, 7) is 3.32. The van der Waals surface area contributed by atoms with Crippen molar-refractivity contribution < 1.29 is 31.5 Å². The average Bonchev–Trinajstić information content (AvgIpc) is 2.58. The molecule has 0 aliphatic rings. The molecule has 0 bridgehead atoms. The van der Waals surface area contributed by atoms with Crippen LogP contribution in [0.2, 0.25) is 0 Å². The van der Waals surface area contributed by atoms with Gasteiger partial charge in [0.25, 0.3) is 0 Å². The number of rotatable bonds is 6. The van der Waals surface area contributed by atoms with Crippen molar-refractivity contribution >= 4 is 22.7 Å². The van der Waals surface area contributed by atoms with E-state index in [1.54, 1.807) is 6.92 Å². The van der Waals surface area contributed by atoms with E-state index in [0.717, 1.165) is 12.1 Å². The van der Waals surface area contributed by atoms with E-state index < -0.39 is 34.1 Å². The number of carbonyl (C=O) groups excluding carboxylic acids is 1. The van der Waals surface area contributed by atoms with Crippen LogP contribution in [0, 0.1) is 11.6 Å². The van der Waals surface area contributed by atoms with E-state index in [2.05, 4.69) is 0 Å². The first-order valence-corrected chi connectivity index (χ1v) is 8.76. The van der Waals surface area contributed by atoms with Gasteiger partial charge in [-0.15, -0.1) is 0 Å². The lowest BCUT2D eigenvalue weighted by atomic mass is 10.1. The van der Waals surface area contributed by atoms with E-state index >= 15 is 0 Å². The van der Waals surface area contributed by atoms with Crippen molar-refractivity contribution in [3.8, 4) is 11.5 Å². The van der Waals surface area contributed by atoms with Crippen LogP contribution in [0.4, 0.5) is 8.78 Å². The van der Waals surface area contributed by atoms with E-state index in [1.807, 2.05) is 0 Å². The molecule has 5 nitrogen and oxygen atoms in total. The maximum absolute atomic E-state index is 14.2. The second-order valence-electron chi connectivity index (χ2n) is 5.21. The summed E-state index contributed by atoms with van der Waals surface area (Å²) in [6, 6.07) is 7.14. The summed E-state index contributed by atoms with van der Waals surface area (Å²) in [7, 11) is -2.75. The maximum Gasteiger partial charge on any atom is 0.333 e. The van der Waals surface area contributed by atoms with Crippen molar-refractivity contribution in [3.05, 3.63) is 59.2 Å². The van der Waals surface area contributed by atoms with Crippen molar-refractivity contribution in [2.75, 3.05) is 6.61 Å². The molecule has 0 heterocycles. The highest BCUT2D eigenvalue weighted by Gasteiger charge is 2.14. The maximum atomic E-state index is 14.2. The fourth-order valence-corrected chi connectivity index (χ4v) is 2.46. The lowest BCUT2D eigenvalue weighted by Crippen LogP contribution is -2.05. The Kier molecular flexibility index (Phi) is 6.46. The van der Waals surface area contributed by atoms with E-state index in [0.29, 0.717) is 0 Å². The van der Waals surface area contributed by atoms with Gasteiger partial charge >= 0.3 is 5.97 Å². The number of ether oxygens (including phenoxy) is 2. The average molecular weight is 382 g/mol. The molecule has 0 saturated carbocycles. The monoisotopic (exact) mass is 382 g/mol.